The fourth-order valence-corrected chi connectivity index (χ4v) is 4.87. The van der Waals surface area contributed by atoms with E-state index in [-0.39, 0.29) is 12.1 Å². The molecule has 0 amide bonds. The second kappa shape index (κ2) is 7.13. The number of hydrogen-bond acceptors (Lipinski definition) is 6. The molecule has 1 fully saturated rings. The number of rotatable bonds is 4. The molecular formula is C17H17Cl2N3O2S. The van der Waals surface area contributed by atoms with Gasteiger partial charge in [-0.15, -0.1) is 11.3 Å². The molecule has 0 bridgehead atoms. The van der Waals surface area contributed by atoms with Crippen molar-refractivity contribution in [3.05, 3.63) is 45.3 Å². The van der Waals surface area contributed by atoms with Crippen LogP contribution in [0.4, 0.5) is 5.69 Å². The second-order valence-electron chi connectivity index (χ2n) is 5.98. The summed E-state index contributed by atoms with van der Waals surface area (Å²) >= 11 is 14.4. The van der Waals surface area contributed by atoms with Gasteiger partial charge in [-0.05, 0) is 25.0 Å². The number of nitrogens with zero attached hydrogens (tertiary/aromatic N) is 1. The minimum Gasteiger partial charge on any atom is -0.467 e. The molecule has 4 rings (SSSR count). The summed E-state index contributed by atoms with van der Waals surface area (Å²) in [6.45, 7) is 1.24. The number of nitrogens with one attached hydrogen (secondary N) is 1. The van der Waals surface area contributed by atoms with E-state index in [0.29, 0.717) is 28.8 Å². The molecule has 132 valence electrons. The van der Waals surface area contributed by atoms with E-state index < -0.39 is 0 Å². The number of anilines is 1. The summed E-state index contributed by atoms with van der Waals surface area (Å²) in [7, 11) is 0. The highest BCUT2D eigenvalue weighted by atomic mass is 35.5. The van der Waals surface area contributed by atoms with Crippen molar-refractivity contribution in [2.24, 2.45) is 5.73 Å². The SMILES string of the molecule is N[C@@H]1CCCO[C@H]1c1sc2c(NCc3ccco3)cc(Cl)nc2c1Cl. The predicted molar refractivity (Wildman–Crippen MR) is 102 cm³/mol. The third kappa shape index (κ3) is 3.37. The Labute approximate surface area is 159 Å². The van der Waals surface area contributed by atoms with Crippen molar-refractivity contribution >= 4 is 50.4 Å². The summed E-state index contributed by atoms with van der Waals surface area (Å²) in [6, 6.07) is 5.50. The predicted octanol–water partition coefficient (Wildman–Crippen LogP) is 4.99. The molecule has 1 aliphatic heterocycles. The van der Waals surface area contributed by atoms with E-state index in [1.807, 2.05) is 12.1 Å². The van der Waals surface area contributed by atoms with Crippen LogP contribution >= 0.6 is 34.5 Å². The molecule has 0 aliphatic carbocycles. The molecular weight excluding hydrogens is 381 g/mol. The first-order valence-electron chi connectivity index (χ1n) is 8.05. The minimum atomic E-state index is -0.197. The molecule has 1 aliphatic rings. The first-order chi connectivity index (χ1) is 12.1. The van der Waals surface area contributed by atoms with Crippen LogP contribution in [0.3, 0.4) is 0 Å². The normalized spacial score (nSPS) is 20.9. The van der Waals surface area contributed by atoms with Crippen LogP contribution in [-0.4, -0.2) is 17.6 Å². The zero-order valence-corrected chi connectivity index (χ0v) is 15.6. The lowest BCUT2D eigenvalue weighted by Crippen LogP contribution is -2.34. The van der Waals surface area contributed by atoms with Crippen molar-refractivity contribution in [1.29, 1.82) is 0 Å². The number of furan rings is 1. The number of halogens is 2. The molecule has 0 spiro atoms. The highest BCUT2D eigenvalue weighted by Gasteiger charge is 2.30. The van der Waals surface area contributed by atoms with Crippen molar-refractivity contribution in [2.75, 3.05) is 11.9 Å². The monoisotopic (exact) mass is 397 g/mol. The molecule has 4 heterocycles. The van der Waals surface area contributed by atoms with E-state index in [4.69, 9.17) is 38.1 Å². The maximum atomic E-state index is 6.61. The van der Waals surface area contributed by atoms with Crippen LogP contribution in [0.25, 0.3) is 10.2 Å². The Kier molecular flexibility index (Phi) is 4.88. The molecule has 3 aromatic heterocycles. The van der Waals surface area contributed by atoms with E-state index in [2.05, 4.69) is 10.3 Å². The lowest BCUT2D eigenvalue weighted by molar-refractivity contribution is 0.00244. The number of thiophene rings is 1. The lowest BCUT2D eigenvalue weighted by Gasteiger charge is -2.28. The van der Waals surface area contributed by atoms with Gasteiger partial charge in [-0.3, -0.25) is 0 Å². The third-order valence-electron chi connectivity index (χ3n) is 4.24. The van der Waals surface area contributed by atoms with Crippen molar-refractivity contribution in [1.82, 2.24) is 4.98 Å². The van der Waals surface area contributed by atoms with Gasteiger partial charge in [0.1, 0.15) is 22.5 Å². The van der Waals surface area contributed by atoms with Gasteiger partial charge in [-0.25, -0.2) is 4.98 Å². The average Bonchev–Trinajstić information content (AvgIpc) is 3.22. The van der Waals surface area contributed by atoms with Gasteiger partial charge in [0.05, 0.1) is 33.1 Å². The highest BCUT2D eigenvalue weighted by molar-refractivity contribution is 7.20. The summed E-state index contributed by atoms with van der Waals surface area (Å²) in [5, 5.41) is 4.31. The van der Waals surface area contributed by atoms with Crippen molar-refractivity contribution in [2.45, 2.75) is 31.5 Å². The van der Waals surface area contributed by atoms with Crippen molar-refractivity contribution < 1.29 is 9.15 Å². The quantitative estimate of drug-likeness (QED) is 0.606. The molecule has 5 nitrogen and oxygen atoms in total. The van der Waals surface area contributed by atoms with Gasteiger partial charge < -0.3 is 20.2 Å². The Bertz CT molecular complexity index is 882. The first-order valence-corrected chi connectivity index (χ1v) is 9.62. The molecule has 25 heavy (non-hydrogen) atoms. The number of nitrogens with two attached hydrogens (primary N) is 1. The van der Waals surface area contributed by atoms with Crippen molar-refractivity contribution in [3.63, 3.8) is 0 Å². The molecule has 2 atom stereocenters. The van der Waals surface area contributed by atoms with Gasteiger partial charge in [-0.1, -0.05) is 23.2 Å². The van der Waals surface area contributed by atoms with Crippen LogP contribution in [0.2, 0.25) is 10.2 Å². The summed E-state index contributed by atoms with van der Waals surface area (Å²) in [5.74, 6) is 0.835. The Hall–Kier alpha value is -1.31. The van der Waals surface area contributed by atoms with E-state index in [1.54, 1.807) is 23.7 Å². The maximum absolute atomic E-state index is 6.61. The van der Waals surface area contributed by atoms with Crippen LogP contribution in [-0.2, 0) is 11.3 Å². The lowest BCUT2D eigenvalue weighted by atomic mass is 10.0. The van der Waals surface area contributed by atoms with Crippen LogP contribution in [0.5, 0.6) is 0 Å². The Morgan fingerprint density at radius 1 is 1.40 bits per heavy atom. The van der Waals surface area contributed by atoms with Crippen molar-refractivity contribution in [3.8, 4) is 0 Å². The van der Waals surface area contributed by atoms with Gasteiger partial charge in [0, 0.05) is 18.7 Å². The fourth-order valence-electron chi connectivity index (χ4n) is 3.01. The Morgan fingerprint density at radius 3 is 3.04 bits per heavy atom. The van der Waals surface area contributed by atoms with E-state index in [9.17, 15) is 0 Å². The molecule has 3 aromatic rings. The van der Waals surface area contributed by atoms with Crippen LogP contribution in [0, 0.1) is 0 Å². The zero-order valence-electron chi connectivity index (χ0n) is 13.3. The molecule has 0 aromatic carbocycles. The van der Waals surface area contributed by atoms with Gasteiger partial charge in [0.2, 0.25) is 0 Å². The number of hydrogen-bond donors (Lipinski definition) is 2. The van der Waals surface area contributed by atoms with Crippen LogP contribution in [0.1, 0.15) is 29.6 Å². The highest BCUT2D eigenvalue weighted by Crippen LogP contribution is 2.45. The number of aromatic nitrogens is 1. The largest absolute Gasteiger partial charge is 0.467 e. The maximum Gasteiger partial charge on any atom is 0.131 e. The van der Waals surface area contributed by atoms with Crippen LogP contribution < -0.4 is 11.1 Å². The Balaban J connectivity index is 1.72. The standard InChI is InChI=1S/C17H17Cl2N3O2S/c18-12-7-11(21-8-9-3-1-5-23-9)16-14(22-12)13(19)17(25-16)15-10(20)4-2-6-24-15/h1,3,5,7,10,15H,2,4,6,8,20H2,(H,21,22)/t10-,15-/m1/s1. The van der Waals surface area contributed by atoms with Gasteiger partial charge in [0.15, 0.2) is 0 Å². The topological polar surface area (TPSA) is 73.3 Å². The Morgan fingerprint density at radius 2 is 2.28 bits per heavy atom. The summed E-state index contributed by atoms with van der Waals surface area (Å²) < 4.78 is 12.2. The van der Waals surface area contributed by atoms with E-state index in [1.165, 1.54) is 0 Å². The third-order valence-corrected chi connectivity index (χ3v) is 6.20. The fraction of sp³-hybridized carbons (Fsp3) is 0.353. The number of ether oxygens (including phenoxy) is 1. The molecule has 8 heteroatoms. The van der Waals surface area contributed by atoms with Crippen LogP contribution in [0.15, 0.2) is 28.9 Å². The number of pyridine rings is 1. The summed E-state index contributed by atoms with van der Waals surface area (Å²) in [4.78, 5) is 5.32. The zero-order chi connectivity index (χ0) is 17.4. The average molecular weight is 398 g/mol. The van der Waals surface area contributed by atoms with E-state index in [0.717, 1.165) is 33.9 Å². The van der Waals surface area contributed by atoms with Gasteiger partial charge in [0.25, 0.3) is 0 Å². The smallest absolute Gasteiger partial charge is 0.131 e. The molecule has 0 unspecified atom stereocenters. The molecule has 1 saturated heterocycles. The van der Waals surface area contributed by atoms with Gasteiger partial charge in [-0.2, -0.15) is 0 Å². The minimum absolute atomic E-state index is 0.0608. The second-order valence-corrected chi connectivity index (χ2v) is 7.80. The van der Waals surface area contributed by atoms with Gasteiger partial charge >= 0.3 is 0 Å². The number of fused-ring (bicyclic) bond motifs is 1. The first kappa shape index (κ1) is 17.1. The summed E-state index contributed by atoms with van der Waals surface area (Å²) in [5.41, 5.74) is 7.79. The molecule has 0 saturated carbocycles. The van der Waals surface area contributed by atoms with E-state index >= 15 is 0 Å². The molecule has 0 radical (unpaired) electrons. The summed E-state index contributed by atoms with van der Waals surface area (Å²) in [6.07, 6.45) is 3.35. The molecule has 3 N–H and O–H groups in total.